The van der Waals surface area contributed by atoms with Gasteiger partial charge in [0.25, 0.3) is 0 Å². The molecule has 0 spiro atoms. The molecule has 6 nitrogen and oxygen atoms in total. The van der Waals surface area contributed by atoms with Crippen LogP contribution >= 0.6 is 0 Å². The summed E-state index contributed by atoms with van der Waals surface area (Å²) in [6, 6.07) is -0.380. The van der Waals surface area contributed by atoms with E-state index in [0.29, 0.717) is 0 Å². The van der Waals surface area contributed by atoms with Crippen molar-refractivity contribution in [3.8, 4) is 12.0 Å². The minimum absolute atomic E-state index is 0.190. The molecule has 0 saturated carbocycles. The molecule has 0 fully saturated rings. The molecular weight excluding hydrogens is 260 g/mol. The summed E-state index contributed by atoms with van der Waals surface area (Å²) in [7, 11) is 2.48. The van der Waals surface area contributed by atoms with Crippen LogP contribution in [0.3, 0.4) is 0 Å². The second-order valence-corrected chi connectivity index (χ2v) is 3.05. The van der Waals surface area contributed by atoms with Gasteiger partial charge in [-0.1, -0.05) is 0 Å². The normalized spacial score (nSPS) is 11.5. The average Bonchev–Trinajstić information content (AvgIpc) is 2.35. The molecule has 1 heterocycles. The highest BCUT2D eigenvalue weighted by Gasteiger charge is 2.40. The zero-order chi connectivity index (χ0) is 13.8. The molecule has 0 aliphatic rings. The maximum atomic E-state index is 12.7. The Morgan fingerprint density at radius 1 is 1.11 bits per heavy atom. The van der Waals surface area contributed by atoms with Crippen molar-refractivity contribution in [2.75, 3.05) is 26.1 Å². The second kappa shape index (κ2) is 5.65. The van der Waals surface area contributed by atoms with Crippen LogP contribution < -0.4 is 14.8 Å². The first-order chi connectivity index (χ1) is 8.39. The number of ether oxygens (including phenoxy) is 2. The van der Waals surface area contributed by atoms with Gasteiger partial charge in [0.05, 0.1) is 20.8 Å². The van der Waals surface area contributed by atoms with E-state index < -0.39 is 18.9 Å². The molecule has 1 aromatic rings. The lowest BCUT2D eigenvalue weighted by Gasteiger charge is -2.15. The number of anilines is 1. The van der Waals surface area contributed by atoms with E-state index in [9.17, 15) is 17.6 Å². The van der Waals surface area contributed by atoms with Crippen molar-refractivity contribution < 1.29 is 27.0 Å². The van der Waals surface area contributed by atoms with Gasteiger partial charge in [0.1, 0.15) is 0 Å². The summed E-state index contributed by atoms with van der Waals surface area (Å²) in [5.41, 5.74) is 0. The van der Waals surface area contributed by atoms with Gasteiger partial charge in [0.15, 0.2) is 0 Å². The molecule has 0 radical (unpaired) electrons. The molecule has 10 heteroatoms. The van der Waals surface area contributed by atoms with Crippen molar-refractivity contribution in [1.29, 1.82) is 0 Å². The Labute approximate surface area is 99.4 Å². The number of nitrogens with zero attached hydrogens (tertiary/aromatic N) is 3. The van der Waals surface area contributed by atoms with E-state index in [1.165, 1.54) is 14.2 Å². The number of aromatic nitrogens is 3. The Balaban J connectivity index is 2.78. The second-order valence-electron chi connectivity index (χ2n) is 3.05. The maximum absolute atomic E-state index is 12.7. The molecule has 1 rings (SSSR count). The maximum Gasteiger partial charge on any atom is 0.324 e. The highest BCUT2D eigenvalue weighted by molar-refractivity contribution is 5.28. The zero-order valence-electron chi connectivity index (χ0n) is 9.45. The van der Waals surface area contributed by atoms with Gasteiger partial charge in [-0.2, -0.15) is 18.7 Å². The van der Waals surface area contributed by atoms with E-state index in [1.807, 2.05) is 5.32 Å². The molecule has 0 bridgehead atoms. The molecule has 102 valence electrons. The third-order valence-electron chi connectivity index (χ3n) is 1.76. The fourth-order valence-electron chi connectivity index (χ4n) is 0.874. The number of hydrogen-bond donors (Lipinski definition) is 1. The predicted molar refractivity (Wildman–Crippen MR) is 52.4 cm³/mol. The molecule has 0 aromatic carbocycles. The van der Waals surface area contributed by atoms with E-state index >= 15 is 0 Å². The van der Waals surface area contributed by atoms with Crippen LogP contribution in [0.2, 0.25) is 0 Å². The molecule has 0 aliphatic carbocycles. The van der Waals surface area contributed by atoms with Crippen LogP contribution in [-0.2, 0) is 0 Å². The van der Waals surface area contributed by atoms with E-state index in [2.05, 4.69) is 24.4 Å². The standard InChI is InChI=1S/C8H10F4N4O2/c1-17-6-14-5(15-7(16-6)18-2)13-3-8(11,12)4(9)10/h4H,3H2,1-2H3,(H,13,14,15,16). The summed E-state index contributed by atoms with van der Waals surface area (Å²) in [5.74, 6) is -4.54. The van der Waals surface area contributed by atoms with Crippen LogP contribution in [0.15, 0.2) is 0 Å². The highest BCUT2D eigenvalue weighted by atomic mass is 19.3. The fourth-order valence-corrected chi connectivity index (χ4v) is 0.874. The van der Waals surface area contributed by atoms with E-state index in [1.54, 1.807) is 0 Å². The Bertz CT molecular complexity index is 382. The van der Waals surface area contributed by atoms with Crippen molar-refractivity contribution in [1.82, 2.24) is 15.0 Å². The molecular formula is C8H10F4N4O2. The van der Waals surface area contributed by atoms with Crippen molar-refractivity contribution >= 4 is 5.95 Å². The van der Waals surface area contributed by atoms with Crippen molar-refractivity contribution in [2.24, 2.45) is 0 Å². The Hall–Kier alpha value is -1.87. The lowest BCUT2D eigenvalue weighted by atomic mass is 10.3. The summed E-state index contributed by atoms with van der Waals surface area (Å²) in [6.07, 6.45) is -3.78. The van der Waals surface area contributed by atoms with E-state index in [-0.39, 0.29) is 18.0 Å². The van der Waals surface area contributed by atoms with Crippen LogP contribution in [0.4, 0.5) is 23.5 Å². The summed E-state index contributed by atoms with van der Waals surface area (Å²) in [4.78, 5) is 10.7. The van der Waals surface area contributed by atoms with Crippen LogP contribution in [-0.4, -0.2) is 48.1 Å². The Morgan fingerprint density at radius 3 is 2.00 bits per heavy atom. The first-order valence-corrected chi connectivity index (χ1v) is 4.63. The third kappa shape index (κ3) is 3.57. The van der Waals surface area contributed by atoms with Gasteiger partial charge in [-0.05, 0) is 0 Å². The lowest BCUT2D eigenvalue weighted by Crippen LogP contribution is -2.35. The topological polar surface area (TPSA) is 69.2 Å². The van der Waals surface area contributed by atoms with Gasteiger partial charge < -0.3 is 14.8 Å². The summed E-state index contributed by atoms with van der Waals surface area (Å²) < 4.78 is 58.4. The van der Waals surface area contributed by atoms with Gasteiger partial charge in [-0.3, -0.25) is 0 Å². The lowest BCUT2D eigenvalue weighted by molar-refractivity contribution is -0.117. The molecule has 0 aliphatic heterocycles. The minimum Gasteiger partial charge on any atom is -0.467 e. The molecule has 0 unspecified atom stereocenters. The van der Waals surface area contributed by atoms with Crippen LogP contribution in [0, 0.1) is 0 Å². The van der Waals surface area contributed by atoms with Crippen molar-refractivity contribution in [2.45, 2.75) is 12.3 Å². The van der Waals surface area contributed by atoms with Crippen LogP contribution in [0.1, 0.15) is 0 Å². The fraction of sp³-hybridized carbons (Fsp3) is 0.625. The molecule has 0 amide bonds. The highest BCUT2D eigenvalue weighted by Crippen LogP contribution is 2.23. The molecule has 1 N–H and O–H groups in total. The third-order valence-corrected chi connectivity index (χ3v) is 1.76. The number of rotatable bonds is 6. The predicted octanol–water partition coefficient (Wildman–Crippen LogP) is 1.20. The smallest absolute Gasteiger partial charge is 0.324 e. The van der Waals surface area contributed by atoms with E-state index in [0.717, 1.165) is 0 Å². The summed E-state index contributed by atoms with van der Waals surface area (Å²) >= 11 is 0. The number of halogens is 4. The van der Waals surface area contributed by atoms with Gasteiger partial charge >= 0.3 is 24.4 Å². The first-order valence-electron chi connectivity index (χ1n) is 4.63. The van der Waals surface area contributed by atoms with Gasteiger partial charge in [0.2, 0.25) is 5.95 Å². The van der Waals surface area contributed by atoms with Crippen molar-refractivity contribution in [3.63, 3.8) is 0 Å². The average molecular weight is 270 g/mol. The summed E-state index contributed by atoms with van der Waals surface area (Å²) in [6.45, 7) is -1.32. The monoisotopic (exact) mass is 270 g/mol. The molecule has 1 aromatic heterocycles. The minimum atomic E-state index is -4.19. The first kappa shape index (κ1) is 14.2. The Morgan fingerprint density at radius 2 is 1.61 bits per heavy atom. The quantitative estimate of drug-likeness (QED) is 0.783. The SMILES string of the molecule is COc1nc(NCC(F)(F)C(F)F)nc(OC)n1. The van der Waals surface area contributed by atoms with Crippen LogP contribution in [0.25, 0.3) is 0 Å². The van der Waals surface area contributed by atoms with Gasteiger partial charge in [0, 0.05) is 0 Å². The largest absolute Gasteiger partial charge is 0.467 e. The molecule has 0 saturated heterocycles. The summed E-state index contributed by atoms with van der Waals surface area (Å²) in [5, 5.41) is 1.96. The van der Waals surface area contributed by atoms with Gasteiger partial charge in [-0.25, -0.2) is 8.78 Å². The Kier molecular flexibility index (Phi) is 4.45. The number of methoxy groups -OCH3 is 2. The molecule has 18 heavy (non-hydrogen) atoms. The molecule has 0 atom stereocenters. The number of hydrogen-bond acceptors (Lipinski definition) is 6. The number of alkyl halides is 4. The van der Waals surface area contributed by atoms with Crippen LogP contribution in [0.5, 0.6) is 12.0 Å². The number of nitrogens with one attached hydrogen (secondary N) is 1. The van der Waals surface area contributed by atoms with E-state index in [4.69, 9.17) is 0 Å². The van der Waals surface area contributed by atoms with Gasteiger partial charge in [-0.15, -0.1) is 4.98 Å². The zero-order valence-corrected chi connectivity index (χ0v) is 9.45. The van der Waals surface area contributed by atoms with Crippen molar-refractivity contribution in [3.05, 3.63) is 0 Å².